The second kappa shape index (κ2) is 7.44. The van der Waals surface area contributed by atoms with E-state index in [9.17, 15) is 9.59 Å². The molecule has 0 bridgehead atoms. The molecular formula is C17H19N3O3S. The number of rotatable bonds is 4. The normalized spacial score (nSPS) is 14.4. The van der Waals surface area contributed by atoms with E-state index in [0.717, 1.165) is 24.1 Å². The summed E-state index contributed by atoms with van der Waals surface area (Å²) in [7, 11) is 1.35. The smallest absolute Gasteiger partial charge is 0.337 e. The van der Waals surface area contributed by atoms with Crippen LogP contribution in [0.4, 0.5) is 9.93 Å². The number of aromatic nitrogens is 1. The van der Waals surface area contributed by atoms with Gasteiger partial charge in [-0.3, -0.25) is 5.32 Å². The predicted octanol–water partition coefficient (Wildman–Crippen LogP) is 3.66. The van der Waals surface area contributed by atoms with Crippen molar-refractivity contribution in [3.8, 4) is 11.3 Å². The predicted molar refractivity (Wildman–Crippen MR) is 93.3 cm³/mol. The van der Waals surface area contributed by atoms with Crippen LogP contribution in [-0.2, 0) is 4.74 Å². The van der Waals surface area contributed by atoms with Crippen molar-refractivity contribution in [2.75, 3.05) is 12.4 Å². The molecule has 0 spiro atoms. The van der Waals surface area contributed by atoms with Gasteiger partial charge >= 0.3 is 12.0 Å². The van der Waals surface area contributed by atoms with E-state index in [1.807, 2.05) is 17.5 Å². The summed E-state index contributed by atoms with van der Waals surface area (Å²) in [6.45, 7) is 0. The van der Waals surface area contributed by atoms with Crippen molar-refractivity contribution in [1.29, 1.82) is 0 Å². The molecule has 1 aromatic carbocycles. The summed E-state index contributed by atoms with van der Waals surface area (Å²) in [5.74, 6) is -0.370. The van der Waals surface area contributed by atoms with Crippen molar-refractivity contribution in [2.45, 2.75) is 31.7 Å². The highest BCUT2D eigenvalue weighted by Gasteiger charge is 2.17. The fourth-order valence-electron chi connectivity index (χ4n) is 2.75. The summed E-state index contributed by atoms with van der Waals surface area (Å²) >= 11 is 1.37. The van der Waals surface area contributed by atoms with Gasteiger partial charge in [0.15, 0.2) is 5.13 Å². The van der Waals surface area contributed by atoms with Gasteiger partial charge in [-0.15, -0.1) is 11.3 Å². The first-order valence-corrected chi connectivity index (χ1v) is 8.75. The molecule has 1 fully saturated rings. The summed E-state index contributed by atoms with van der Waals surface area (Å²) in [4.78, 5) is 27.8. The van der Waals surface area contributed by atoms with Crippen molar-refractivity contribution in [3.63, 3.8) is 0 Å². The average Bonchev–Trinajstić information content (AvgIpc) is 3.26. The summed E-state index contributed by atoms with van der Waals surface area (Å²) in [6, 6.07) is 7.08. The van der Waals surface area contributed by atoms with Crippen LogP contribution in [0, 0.1) is 0 Å². The molecule has 0 unspecified atom stereocenters. The lowest BCUT2D eigenvalue weighted by molar-refractivity contribution is 0.0600. The molecule has 24 heavy (non-hydrogen) atoms. The second-order valence-electron chi connectivity index (χ2n) is 5.69. The zero-order valence-electron chi connectivity index (χ0n) is 13.4. The fourth-order valence-corrected chi connectivity index (χ4v) is 3.46. The molecule has 7 heteroatoms. The molecule has 0 radical (unpaired) electrons. The van der Waals surface area contributed by atoms with Gasteiger partial charge in [-0.1, -0.05) is 25.0 Å². The van der Waals surface area contributed by atoms with Crippen LogP contribution in [0.2, 0.25) is 0 Å². The summed E-state index contributed by atoms with van der Waals surface area (Å²) in [5.41, 5.74) is 2.13. The fraction of sp³-hybridized carbons (Fsp3) is 0.353. The van der Waals surface area contributed by atoms with Gasteiger partial charge in [-0.25, -0.2) is 14.6 Å². The van der Waals surface area contributed by atoms with Gasteiger partial charge in [-0.2, -0.15) is 0 Å². The second-order valence-corrected chi connectivity index (χ2v) is 6.54. The number of nitrogens with zero attached hydrogens (tertiary/aromatic N) is 1. The monoisotopic (exact) mass is 345 g/mol. The Morgan fingerprint density at radius 2 is 1.92 bits per heavy atom. The largest absolute Gasteiger partial charge is 0.465 e. The molecule has 0 aliphatic heterocycles. The van der Waals surface area contributed by atoms with E-state index in [-0.39, 0.29) is 18.0 Å². The molecule has 1 aromatic heterocycles. The van der Waals surface area contributed by atoms with Crippen LogP contribution in [0.25, 0.3) is 11.3 Å². The molecule has 0 saturated heterocycles. The molecule has 1 aliphatic carbocycles. The number of benzene rings is 1. The third kappa shape index (κ3) is 3.91. The Morgan fingerprint density at radius 1 is 1.21 bits per heavy atom. The van der Waals surface area contributed by atoms with Gasteiger partial charge in [0.05, 0.1) is 18.4 Å². The van der Waals surface area contributed by atoms with Gasteiger partial charge in [-0.05, 0) is 25.0 Å². The maximum absolute atomic E-state index is 12.0. The van der Waals surface area contributed by atoms with Crippen molar-refractivity contribution >= 4 is 28.5 Å². The number of carbonyl (C=O) groups is 2. The van der Waals surface area contributed by atoms with E-state index < -0.39 is 0 Å². The van der Waals surface area contributed by atoms with Crippen LogP contribution in [0.3, 0.4) is 0 Å². The van der Waals surface area contributed by atoms with Crippen LogP contribution < -0.4 is 10.6 Å². The maximum Gasteiger partial charge on any atom is 0.337 e. The van der Waals surface area contributed by atoms with Crippen molar-refractivity contribution < 1.29 is 14.3 Å². The quantitative estimate of drug-likeness (QED) is 0.829. The minimum absolute atomic E-state index is 0.205. The zero-order valence-corrected chi connectivity index (χ0v) is 14.2. The molecule has 2 N–H and O–H groups in total. The number of thiazole rings is 1. The summed E-state index contributed by atoms with van der Waals surface area (Å²) in [6.07, 6.45) is 4.44. The maximum atomic E-state index is 12.0. The summed E-state index contributed by atoms with van der Waals surface area (Å²) < 4.78 is 4.68. The third-order valence-electron chi connectivity index (χ3n) is 4.02. The topological polar surface area (TPSA) is 80.3 Å². The van der Waals surface area contributed by atoms with Gasteiger partial charge < -0.3 is 10.1 Å². The standard InChI is InChI=1S/C17H19N3O3S/c1-23-15(21)12-8-6-11(7-9-12)14-10-24-17(19-14)20-16(22)18-13-4-2-3-5-13/h6-10,13H,2-5H2,1H3,(H2,18,19,20,22). The molecule has 1 aliphatic rings. The highest BCUT2D eigenvalue weighted by molar-refractivity contribution is 7.14. The minimum atomic E-state index is -0.370. The molecule has 126 valence electrons. The van der Waals surface area contributed by atoms with Gasteiger partial charge in [0, 0.05) is 17.0 Å². The first kappa shape index (κ1) is 16.4. The van der Waals surface area contributed by atoms with Crippen molar-refractivity contribution in [2.24, 2.45) is 0 Å². The minimum Gasteiger partial charge on any atom is -0.465 e. The number of ether oxygens (including phenoxy) is 1. The number of amides is 2. The number of nitrogens with one attached hydrogen (secondary N) is 2. The number of urea groups is 1. The third-order valence-corrected chi connectivity index (χ3v) is 4.77. The number of hydrogen-bond donors (Lipinski definition) is 2. The molecule has 6 nitrogen and oxygen atoms in total. The number of carbonyl (C=O) groups excluding carboxylic acids is 2. The summed E-state index contributed by atoms with van der Waals surface area (Å²) in [5, 5.41) is 8.18. The Balaban J connectivity index is 1.62. The first-order valence-electron chi connectivity index (χ1n) is 7.87. The van der Waals surface area contributed by atoms with E-state index in [4.69, 9.17) is 0 Å². The van der Waals surface area contributed by atoms with Crippen LogP contribution in [-0.4, -0.2) is 30.1 Å². The molecule has 1 saturated carbocycles. The highest BCUT2D eigenvalue weighted by Crippen LogP contribution is 2.25. The van der Waals surface area contributed by atoms with E-state index in [1.54, 1.807) is 12.1 Å². The van der Waals surface area contributed by atoms with Crippen molar-refractivity contribution in [3.05, 3.63) is 35.2 Å². The number of anilines is 1. The first-order chi connectivity index (χ1) is 11.7. The molecule has 1 heterocycles. The number of hydrogen-bond acceptors (Lipinski definition) is 5. The van der Waals surface area contributed by atoms with Gasteiger partial charge in [0.1, 0.15) is 0 Å². The lowest BCUT2D eigenvalue weighted by atomic mass is 10.1. The molecule has 2 amide bonds. The zero-order chi connectivity index (χ0) is 16.9. The Kier molecular flexibility index (Phi) is 5.10. The van der Waals surface area contributed by atoms with Crippen LogP contribution in [0.1, 0.15) is 36.0 Å². The van der Waals surface area contributed by atoms with Crippen molar-refractivity contribution in [1.82, 2.24) is 10.3 Å². The lowest BCUT2D eigenvalue weighted by Gasteiger charge is -2.11. The Hall–Kier alpha value is -2.41. The average molecular weight is 345 g/mol. The van der Waals surface area contributed by atoms with Crippen LogP contribution in [0.5, 0.6) is 0 Å². The van der Waals surface area contributed by atoms with Crippen LogP contribution in [0.15, 0.2) is 29.6 Å². The van der Waals surface area contributed by atoms with Gasteiger partial charge in [0.25, 0.3) is 0 Å². The Bertz CT molecular complexity index is 721. The highest BCUT2D eigenvalue weighted by atomic mass is 32.1. The van der Waals surface area contributed by atoms with Gasteiger partial charge in [0.2, 0.25) is 0 Å². The van der Waals surface area contributed by atoms with E-state index >= 15 is 0 Å². The van der Waals surface area contributed by atoms with E-state index in [0.29, 0.717) is 10.7 Å². The lowest BCUT2D eigenvalue weighted by Crippen LogP contribution is -2.36. The molecule has 2 aromatic rings. The number of methoxy groups -OCH3 is 1. The molecule has 3 rings (SSSR count). The molecule has 0 atom stereocenters. The van der Waals surface area contributed by atoms with E-state index in [1.165, 1.54) is 31.3 Å². The SMILES string of the molecule is COC(=O)c1ccc(-c2csc(NC(=O)NC3CCCC3)n2)cc1. The van der Waals surface area contributed by atoms with Crippen LogP contribution >= 0.6 is 11.3 Å². The Morgan fingerprint density at radius 3 is 2.58 bits per heavy atom. The molecular weight excluding hydrogens is 326 g/mol. The Labute approximate surface area is 144 Å². The number of esters is 1. The van der Waals surface area contributed by atoms with E-state index in [2.05, 4.69) is 20.4 Å².